The van der Waals surface area contributed by atoms with Gasteiger partial charge in [-0.1, -0.05) is 55.5 Å². The molecule has 0 heterocycles. The number of ether oxygens (including phenoxy) is 2. The van der Waals surface area contributed by atoms with Crippen molar-refractivity contribution in [2.24, 2.45) is 5.41 Å². The summed E-state index contributed by atoms with van der Waals surface area (Å²) in [5, 5.41) is 12.2. The Bertz CT molecular complexity index is 731. The van der Waals surface area contributed by atoms with E-state index in [0.717, 1.165) is 0 Å². The van der Waals surface area contributed by atoms with Gasteiger partial charge in [-0.05, 0) is 22.3 Å². The molecule has 0 bridgehead atoms. The first kappa shape index (κ1) is 18.4. The Morgan fingerprint density at radius 1 is 1.12 bits per heavy atom. The molecule has 0 aliphatic heterocycles. The molecule has 1 aliphatic rings. The summed E-state index contributed by atoms with van der Waals surface area (Å²) in [6.07, 6.45) is -0.484. The Hall–Kier alpha value is -2.37. The molecule has 0 aromatic heterocycles. The lowest BCUT2D eigenvalue weighted by atomic mass is 9.93. The van der Waals surface area contributed by atoms with E-state index in [2.05, 4.69) is 29.6 Å². The number of hydrogen-bond acceptors (Lipinski definition) is 4. The number of alkyl carbamates (subject to hydrolysis) is 1. The number of amides is 1. The third kappa shape index (κ3) is 3.74. The predicted octanol–water partition coefficient (Wildman–Crippen LogP) is 3.17. The van der Waals surface area contributed by atoms with Crippen molar-refractivity contribution in [2.45, 2.75) is 12.8 Å². The highest BCUT2D eigenvalue weighted by molar-refractivity contribution is 5.79. The predicted molar refractivity (Wildman–Crippen MR) is 100 cm³/mol. The molecular formula is C21H25NO4. The minimum atomic E-state index is -0.527. The summed E-state index contributed by atoms with van der Waals surface area (Å²) in [6, 6.07) is 16.4. The van der Waals surface area contributed by atoms with E-state index in [-0.39, 0.29) is 25.7 Å². The number of benzene rings is 2. The van der Waals surface area contributed by atoms with Gasteiger partial charge in [0.05, 0.1) is 13.2 Å². The Balaban J connectivity index is 1.64. The summed E-state index contributed by atoms with van der Waals surface area (Å²) in [5.74, 6) is 0.0383. The number of fused-ring (bicyclic) bond motifs is 3. The van der Waals surface area contributed by atoms with Crippen LogP contribution in [-0.4, -0.2) is 44.7 Å². The fourth-order valence-electron chi connectivity index (χ4n) is 3.44. The van der Waals surface area contributed by atoms with Crippen LogP contribution in [0, 0.1) is 5.41 Å². The van der Waals surface area contributed by atoms with Gasteiger partial charge in [0.1, 0.15) is 6.61 Å². The topological polar surface area (TPSA) is 67.8 Å². The Morgan fingerprint density at radius 2 is 1.69 bits per heavy atom. The van der Waals surface area contributed by atoms with Crippen molar-refractivity contribution < 1.29 is 19.4 Å². The van der Waals surface area contributed by atoms with Crippen molar-refractivity contribution in [1.82, 2.24) is 5.32 Å². The summed E-state index contributed by atoms with van der Waals surface area (Å²) in [7, 11) is 1.57. The van der Waals surface area contributed by atoms with Crippen molar-refractivity contribution in [3.8, 4) is 11.1 Å². The molecule has 138 valence electrons. The van der Waals surface area contributed by atoms with Crippen LogP contribution in [0.25, 0.3) is 11.1 Å². The van der Waals surface area contributed by atoms with E-state index in [1.165, 1.54) is 22.3 Å². The van der Waals surface area contributed by atoms with E-state index in [1.807, 2.05) is 31.2 Å². The number of aliphatic hydroxyl groups is 1. The first-order valence-corrected chi connectivity index (χ1v) is 8.76. The fraction of sp³-hybridized carbons (Fsp3) is 0.381. The zero-order valence-electron chi connectivity index (χ0n) is 15.2. The highest BCUT2D eigenvalue weighted by atomic mass is 16.5. The molecular weight excluding hydrogens is 330 g/mol. The molecule has 3 rings (SSSR count). The third-order valence-electron chi connectivity index (χ3n) is 4.88. The molecule has 0 radical (unpaired) electrons. The average molecular weight is 355 g/mol. The van der Waals surface area contributed by atoms with Crippen molar-refractivity contribution in [2.75, 3.05) is 33.5 Å². The lowest BCUT2D eigenvalue weighted by Crippen LogP contribution is -2.41. The van der Waals surface area contributed by atoms with Crippen LogP contribution in [0.1, 0.15) is 24.0 Å². The first-order chi connectivity index (χ1) is 12.6. The molecule has 0 saturated carbocycles. The van der Waals surface area contributed by atoms with Gasteiger partial charge in [0.25, 0.3) is 0 Å². The maximum atomic E-state index is 12.1. The van der Waals surface area contributed by atoms with Gasteiger partial charge in [-0.3, -0.25) is 0 Å². The third-order valence-corrected chi connectivity index (χ3v) is 4.88. The number of nitrogens with one attached hydrogen (secondary N) is 1. The monoisotopic (exact) mass is 355 g/mol. The van der Waals surface area contributed by atoms with Crippen LogP contribution in [0.15, 0.2) is 48.5 Å². The molecule has 2 N–H and O–H groups in total. The van der Waals surface area contributed by atoms with Gasteiger partial charge in [0, 0.05) is 25.0 Å². The molecule has 5 nitrogen and oxygen atoms in total. The molecule has 0 spiro atoms. The van der Waals surface area contributed by atoms with E-state index in [0.29, 0.717) is 6.61 Å². The maximum absolute atomic E-state index is 12.1. The van der Waals surface area contributed by atoms with Crippen LogP contribution in [-0.2, 0) is 9.47 Å². The smallest absolute Gasteiger partial charge is 0.407 e. The normalized spacial score (nSPS) is 15.0. The van der Waals surface area contributed by atoms with Crippen molar-refractivity contribution in [3.05, 3.63) is 59.7 Å². The molecule has 0 saturated heterocycles. The van der Waals surface area contributed by atoms with Crippen LogP contribution in [0.5, 0.6) is 0 Å². The van der Waals surface area contributed by atoms with E-state index in [9.17, 15) is 9.90 Å². The Morgan fingerprint density at radius 3 is 2.23 bits per heavy atom. The highest BCUT2D eigenvalue weighted by Crippen LogP contribution is 2.44. The van der Waals surface area contributed by atoms with Crippen molar-refractivity contribution in [3.63, 3.8) is 0 Å². The largest absolute Gasteiger partial charge is 0.449 e. The Kier molecular flexibility index (Phi) is 5.59. The lowest BCUT2D eigenvalue weighted by molar-refractivity contribution is 0.0412. The number of aliphatic hydroxyl groups excluding tert-OH is 1. The molecule has 1 amide bonds. The van der Waals surface area contributed by atoms with Crippen LogP contribution in [0.4, 0.5) is 4.79 Å². The summed E-state index contributed by atoms with van der Waals surface area (Å²) >= 11 is 0. The molecule has 1 unspecified atom stereocenters. The van der Waals surface area contributed by atoms with Gasteiger partial charge in [-0.15, -0.1) is 0 Å². The van der Waals surface area contributed by atoms with Crippen molar-refractivity contribution in [1.29, 1.82) is 0 Å². The van der Waals surface area contributed by atoms with E-state index < -0.39 is 11.5 Å². The van der Waals surface area contributed by atoms with Gasteiger partial charge < -0.3 is 19.9 Å². The molecule has 1 atom stereocenters. The second-order valence-electron chi connectivity index (χ2n) is 7.08. The summed E-state index contributed by atoms with van der Waals surface area (Å²) in [5.41, 5.74) is 4.23. The second-order valence-corrected chi connectivity index (χ2v) is 7.08. The van der Waals surface area contributed by atoms with Gasteiger partial charge in [0.2, 0.25) is 0 Å². The van der Waals surface area contributed by atoms with Crippen molar-refractivity contribution >= 4 is 6.09 Å². The van der Waals surface area contributed by atoms with E-state index >= 15 is 0 Å². The summed E-state index contributed by atoms with van der Waals surface area (Å²) in [4.78, 5) is 12.1. The summed E-state index contributed by atoms with van der Waals surface area (Å²) < 4.78 is 10.6. The molecule has 2 aromatic rings. The van der Waals surface area contributed by atoms with Crippen LogP contribution in [0.2, 0.25) is 0 Å². The maximum Gasteiger partial charge on any atom is 0.407 e. The zero-order valence-corrected chi connectivity index (χ0v) is 15.2. The van der Waals surface area contributed by atoms with Gasteiger partial charge in [0.15, 0.2) is 0 Å². The number of methoxy groups -OCH3 is 1. The van der Waals surface area contributed by atoms with Crippen LogP contribution < -0.4 is 5.32 Å². The molecule has 26 heavy (non-hydrogen) atoms. The quantitative estimate of drug-likeness (QED) is 0.800. The molecule has 1 aliphatic carbocycles. The average Bonchev–Trinajstić information content (AvgIpc) is 2.99. The molecule has 5 heteroatoms. The summed E-state index contributed by atoms with van der Waals surface area (Å²) in [6.45, 7) is 2.69. The standard InChI is InChI=1S/C21H25NO4/c1-21(13-23,14-25-2)12-22-20(24)26-11-19-17-9-5-3-7-15(17)16-8-4-6-10-18(16)19/h3-10,19,23H,11-14H2,1-2H3,(H,22,24). The molecule has 2 aromatic carbocycles. The SMILES string of the molecule is COCC(C)(CO)CNC(=O)OCC1c2ccccc2-c2ccccc21. The fourth-order valence-corrected chi connectivity index (χ4v) is 3.44. The minimum Gasteiger partial charge on any atom is -0.449 e. The van der Waals surface area contributed by atoms with E-state index in [1.54, 1.807) is 7.11 Å². The number of carbonyl (C=O) groups is 1. The first-order valence-electron chi connectivity index (χ1n) is 8.76. The van der Waals surface area contributed by atoms with E-state index in [4.69, 9.17) is 9.47 Å². The number of hydrogen-bond donors (Lipinski definition) is 2. The van der Waals surface area contributed by atoms with Gasteiger partial charge in [-0.25, -0.2) is 4.79 Å². The van der Waals surface area contributed by atoms with Crippen LogP contribution >= 0.6 is 0 Å². The lowest BCUT2D eigenvalue weighted by Gasteiger charge is -2.26. The highest BCUT2D eigenvalue weighted by Gasteiger charge is 2.29. The molecule has 0 fully saturated rings. The Labute approximate surface area is 153 Å². The van der Waals surface area contributed by atoms with Crippen LogP contribution in [0.3, 0.4) is 0 Å². The minimum absolute atomic E-state index is 0.0383. The zero-order chi connectivity index (χ0) is 18.6. The van der Waals surface area contributed by atoms with Gasteiger partial charge in [-0.2, -0.15) is 0 Å². The number of carbonyl (C=O) groups excluding carboxylic acids is 1. The number of rotatable bonds is 7. The second kappa shape index (κ2) is 7.89. The van der Waals surface area contributed by atoms with Gasteiger partial charge >= 0.3 is 6.09 Å².